The number of nitrogens with zero attached hydrogens (tertiary/aromatic N) is 3. The topological polar surface area (TPSA) is 58.9 Å². The second kappa shape index (κ2) is 6.43. The minimum Gasteiger partial charge on any atom is -0.387 e. The Morgan fingerprint density at radius 3 is 2.81 bits per heavy atom. The molecule has 1 atom stereocenters. The Balaban J connectivity index is 1.76. The number of aliphatic hydroxyl groups is 1. The third-order valence-corrected chi connectivity index (χ3v) is 4.95. The summed E-state index contributed by atoms with van der Waals surface area (Å²) in [6, 6.07) is 10.1. The summed E-state index contributed by atoms with van der Waals surface area (Å²) in [7, 11) is 0. The minimum absolute atomic E-state index is 0.508. The van der Waals surface area contributed by atoms with Gasteiger partial charge in [0.15, 0.2) is 0 Å². The van der Waals surface area contributed by atoms with E-state index in [1.54, 1.807) is 11.3 Å². The third-order valence-electron chi connectivity index (χ3n) is 3.21. The number of rotatable bonds is 5. The molecule has 0 radical (unpaired) electrons. The lowest BCUT2D eigenvalue weighted by molar-refractivity contribution is 0.181. The molecular weight excluding hydrogens is 302 g/mol. The van der Waals surface area contributed by atoms with Crippen LogP contribution in [0.2, 0.25) is 0 Å². The average Bonchev–Trinajstić information content (AvgIpc) is 3.16. The van der Waals surface area contributed by atoms with E-state index in [2.05, 4.69) is 14.6 Å². The van der Waals surface area contributed by atoms with Crippen LogP contribution in [0.1, 0.15) is 28.6 Å². The van der Waals surface area contributed by atoms with Crippen LogP contribution in [0, 0.1) is 0 Å². The highest BCUT2D eigenvalue weighted by Gasteiger charge is 2.18. The smallest absolute Gasteiger partial charge is 0.0980 e. The van der Waals surface area contributed by atoms with Crippen molar-refractivity contribution in [2.24, 2.45) is 0 Å². The van der Waals surface area contributed by atoms with E-state index in [9.17, 15) is 5.11 Å². The van der Waals surface area contributed by atoms with Gasteiger partial charge in [0.25, 0.3) is 0 Å². The molecule has 0 fully saturated rings. The number of thiazole rings is 1. The molecule has 0 spiro atoms. The molecule has 1 unspecified atom stereocenters. The maximum Gasteiger partial charge on any atom is 0.0980 e. The fourth-order valence-electron chi connectivity index (χ4n) is 2.12. The highest BCUT2D eigenvalue weighted by Crippen LogP contribution is 2.28. The summed E-state index contributed by atoms with van der Waals surface area (Å²) in [5.74, 6) is 0. The molecule has 21 heavy (non-hydrogen) atoms. The molecule has 108 valence electrons. The third kappa shape index (κ3) is 3.18. The quantitative estimate of drug-likeness (QED) is 0.782. The van der Waals surface area contributed by atoms with Crippen molar-refractivity contribution in [1.29, 1.82) is 0 Å². The van der Waals surface area contributed by atoms with Crippen LogP contribution in [0.15, 0.2) is 35.7 Å². The van der Waals surface area contributed by atoms with E-state index in [0.29, 0.717) is 6.42 Å². The number of aromatic nitrogens is 3. The Bertz CT molecular complexity index is 709. The van der Waals surface area contributed by atoms with Crippen molar-refractivity contribution in [2.45, 2.75) is 25.9 Å². The van der Waals surface area contributed by atoms with Crippen LogP contribution in [0.3, 0.4) is 0 Å². The van der Waals surface area contributed by atoms with Crippen molar-refractivity contribution in [2.75, 3.05) is 0 Å². The predicted octanol–water partition coefficient (Wildman–Crippen LogP) is 3.50. The molecule has 0 bridgehead atoms. The van der Waals surface area contributed by atoms with Gasteiger partial charge < -0.3 is 5.11 Å². The van der Waals surface area contributed by atoms with Crippen LogP contribution < -0.4 is 0 Å². The van der Waals surface area contributed by atoms with E-state index in [1.165, 1.54) is 11.5 Å². The Morgan fingerprint density at radius 2 is 2.05 bits per heavy atom. The molecule has 3 aromatic rings. The molecule has 0 saturated carbocycles. The first-order chi connectivity index (χ1) is 10.3. The second-order valence-electron chi connectivity index (χ2n) is 4.65. The molecule has 0 amide bonds. The maximum atomic E-state index is 10.4. The van der Waals surface area contributed by atoms with E-state index in [1.807, 2.05) is 42.6 Å². The molecule has 2 aromatic heterocycles. The zero-order valence-corrected chi connectivity index (χ0v) is 13.2. The van der Waals surface area contributed by atoms with Crippen molar-refractivity contribution < 1.29 is 5.11 Å². The van der Waals surface area contributed by atoms with Crippen LogP contribution in [-0.2, 0) is 12.8 Å². The average molecular weight is 317 g/mol. The second-order valence-corrected chi connectivity index (χ2v) is 6.38. The zero-order valence-electron chi connectivity index (χ0n) is 11.6. The van der Waals surface area contributed by atoms with Gasteiger partial charge in [0.05, 0.1) is 27.4 Å². The van der Waals surface area contributed by atoms with Crippen molar-refractivity contribution >= 4 is 22.9 Å². The van der Waals surface area contributed by atoms with Crippen LogP contribution >= 0.6 is 22.9 Å². The predicted molar refractivity (Wildman–Crippen MR) is 85.5 cm³/mol. The molecule has 1 aromatic carbocycles. The van der Waals surface area contributed by atoms with E-state index in [0.717, 1.165) is 33.3 Å². The van der Waals surface area contributed by atoms with Gasteiger partial charge in [0.1, 0.15) is 0 Å². The van der Waals surface area contributed by atoms with Crippen LogP contribution in [-0.4, -0.2) is 19.7 Å². The normalized spacial score (nSPS) is 12.5. The Morgan fingerprint density at radius 1 is 1.24 bits per heavy atom. The van der Waals surface area contributed by atoms with Gasteiger partial charge in [-0.25, -0.2) is 4.98 Å². The highest BCUT2D eigenvalue weighted by molar-refractivity contribution is 7.10. The number of benzene rings is 1. The van der Waals surface area contributed by atoms with Gasteiger partial charge in [-0.05, 0) is 18.0 Å². The lowest BCUT2D eigenvalue weighted by Crippen LogP contribution is -2.02. The van der Waals surface area contributed by atoms with Gasteiger partial charge in [-0.15, -0.1) is 16.4 Å². The molecule has 3 rings (SSSR count). The fourth-order valence-corrected chi connectivity index (χ4v) is 3.68. The monoisotopic (exact) mass is 317 g/mol. The lowest BCUT2D eigenvalue weighted by Gasteiger charge is -2.06. The summed E-state index contributed by atoms with van der Waals surface area (Å²) < 4.78 is 3.92. The number of aryl methyl sites for hydroxylation is 1. The van der Waals surface area contributed by atoms with Gasteiger partial charge in [-0.2, -0.15) is 0 Å². The summed E-state index contributed by atoms with van der Waals surface area (Å²) in [6.07, 6.45) is 0.722. The summed E-state index contributed by atoms with van der Waals surface area (Å²) >= 11 is 2.85. The first-order valence-corrected chi connectivity index (χ1v) is 8.42. The van der Waals surface area contributed by atoms with Crippen molar-refractivity contribution in [3.63, 3.8) is 0 Å². The van der Waals surface area contributed by atoms with E-state index >= 15 is 0 Å². The number of aliphatic hydroxyl groups excluding tert-OH is 1. The molecule has 4 nitrogen and oxygen atoms in total. The molecule has 1 N–H and O–H groups in total. The molecule has 2 heterocycles. The van der Waals surface area contributed by atoms with Crippen LogP contribution in [0.5, 0.6) is 0 Å². The number of hydrogen-bond donors (Lipinski definition) is 1. The first kappa shape index (κ1) is 14.3. The van der Waals surface area contributed by atoms with Gasteiger partial charge in [0, 0.05) is 17.4 Å². The largest absolute Gasteiger partial charge is 0.387 e. The molecule has 0 aliphatic heterocycles. The molecule has 0 saturated heterocycles. The van der Waals surface area contributed by atoms with Gasteiger partial charge in [-0.3, -0.25) is 0 Å². The summed E-state index contributed by atoms with van der Waals surface area (Å²) in [4.78, 5) is 5.46. The van der Waals surface area contributed by atoms with Gasteiger partial charge in [-0.1, -0.05) is 41.7 Å². The molecular formula is C15H15N3OS2. The van der Waals surface area contributed by atoms with Crippen molar-refractivity contribution in [3.05, 3.63) is 51.3 Å². The SMILES string of the molecule is CCc1nnsc1C(O)Cc1nc(-c2ccccc2)cs1. The van der Waals surface area contributed by atoms with Crippen LogP contribution in [0.4, 0.5) is 0 Å². The summed E-state index contributed by atoms with van der Waals surface area (Å²) in [6.45, 7) is 2.02. The minimum atomic E-state index is -0.574. The van der Waals surface area contributed by atoms with Crippen molar-refractivity contribution in [3.8, 4) is 11.3 Å². The Labute approximate surface area is 131 Å². The Hall–Kier alpha value is -1.63. The first-order valence-electron chi connectivity index (χ1n) is 6.77. The summed E-state index contributed by atoms with van der Waals surface area (Å²) in [5, 5.41) is 17.4. The molecule has 6 heteroatoms. The van der Waals surface area contributed by atoms with E-state index < -0.39 is 6.10 Å². The van der Waals surface area contributed by atoms with E-state index in [4.69, 9.17) is 0 Å². The Kier molecular flexibility index (Phi) is 4.38. The maximum absolute atomic E-state index is 10.4. The zero-order chi connectivity index (χ0) is 14.7. The molecule has 0 aliphatic rings. The highest BCUT2D eigenvalue weighted by atomic mass is 32.1. The summed E-state index contributed by atoms with van der Waals surface area (Å²) in [5.41, 5.74) is 2.94. The van der Waals surface area contributed by atoms with E-state index in [-0.39, 0.29) is 0 Å². The molecule has 0 aliphatic carbocycles. The van der Waals surface area contributed by atoms with Gasteiger partial charge in [0.2, 0.25) is 0 Å². The number of hydrogen-bond acceptors (Lipinski definition) is 6. The van der Waals surface area contributed by atoms with Gasteiger partial charge >= 0.3 is 0 Å². The van der Waals surface area contributed by atoms with Crippen molar-refractivity contribution in [1.82, 2.24) is 14.6 Å². The van der Waals surface area contributed by atoms with Crippen LogP contribution in [0.25, 0.3) is 11.3 Å². The lowest BCUT2D eigenvalue weighted by atomic mass is 10.1. The fraction of sp³-hybridized carbons (Fsp3) is 0.267. The standard InChI is InChI=1S/C15H15N3OS2/c1-2-11-15(21-18-17-11)13(19)8-14-16-12(9-20-14)10-6-4-3-5-7-10/h3-7,9,13,19H,2,8H2,1H3.